The summed E-state index contributed by atoms with van der Waals surface area (Å²) in [5.41, 5.74) is 7.24. The summed E-state index contributed by atoms with van der Waals surface area (Å²) in [4.78, 5) is 0.0225. The van der Waals surface area contributed by atoms with E-state index in [9.17, 15) is 8.42 Å². The zero-order valence-corrected chi connectivity index (χ0v) is 14.0. The van der Waals surface area contributed by atoms with Gasteiger partial charge in [-0.25, -0.2) is 8.42 Å². The first-order chi connectivity index (χ1) is 9.83. The molecule has 0 aliphatic carbocycles. The average Bonchev–Trinajstić information content (AvgIpc) is 2.37. The van der Waals surface area contributed by atoms with Crippen LogP contribution in [0.2, 0.25) is 0 Å². The van der Waals surface area contributed by atoms with Gasteiger partial charge in [0.15, 0.2) is 0 Å². The highest BCUT2D eigenvalue weighted by molar-refractivity contribution is 9.10. The third-order valence-corrected chi connectivity index (χ3v) is 4.79. The van der Waals surface area contributed by atoms with Crippen LogP contribution in [0.5, 0.6) is 5.75 Å². The Morgan fingerprint density at radius 3 is 2.52 bits per heavy atom. The van der Waals surface area contributed by atoms with Crippen LogP contribution in [0, 0.1) is 6.92 Å². The summed E-state index contributed by atoms with van der Waals surface area (Å²) in [5, 5.41) is 0. The Morgan fingerprint density at radius 1 is 1.19 bits per heavy atom. The van der Waals surface area contributed by atoms with E-state index in [1.807, 2.05) is 13.0 Å². The van der Waals surface area contributed by atoms with Gasteiger partial charge in [-0.1, -0.05) is 22.0 Å². The number of ether oxygens (including phenoxy) is 1. The first-order valence-corrected chi connectivity index (χ1v) is 8.33. The molecular formula is C14H15BrN2O3S. The Kier molecular flexibility index (Phi) is 4.43. The van der Waals surface area contributed by atoms with Gasteiger partial charge in [0, 0.05) is 4.47 Å². The molecule has 0 fully saturated rings. The highest BCUT2D eigenvalue weighted by atomic mass is 79.9. The number of methoxy groups -OCH3 is 1. The smallest absolute Gasteiger partial charge is 0.264 e. The summed E-state index contributed by atoms with van der Waals surface area (Å²) >= 11 is 3.25. The maximum absolute atomic E-state index is 12.5. The van der Waals surface area contributed by atoms with Crippen LogP contribution in [0.3, 0.4) is 0 Å². The minimum absolute atomic E-state index is 0.0225. The first-order valence-electron chi connectivity index (χ1n) is 6.06. The van der Waals surface area contributed by atoms with Gasteiger partial charge < -0.3 is 10.5 Å². The number of nitrogens with one attached hydrogen (secondary N) is 1. The molecule has 2 aromatic rings. The third kappa shape index (κ3) is 3.48. The molecular weight excluding hydrogens is 356 g/mol. The fourth-order valence-corrected chi connectivity index (χ4v) is 3.42. The zero-order valence-electron chi connectivity index (χ0n) is 11.6. The van der Waals surface area contributed by atoms with Crippen LogP contribution >= 0.6 is 15.9 Å². The molecule has 0 aromatic heterocycles. The number of nitrogen functional groups attached to an aromatic ring is 1. The van der Waals surface area contributed by atoms with Crippen molar-refractivity contribution < 1.29 is 13.2 Å². The Balaban J connectivity index is 2.44. The van der Waals surface area contributed by atoms with E-state index in [0.29, 0.717) is 15.9 Å². The van der Waals surface area contributed by atoms with E-state index in [4.69, 9.17) is 10.5 Å². The van der Waals surface area contributed by atoms with Gasteiger partial charge in [-0.15, -0.1) is 0 Å². The Bertz CT molecular complexity index is 776. The number of hydrogen-bond acceptors (Lipinski definition) is 4. The number of benzene rings is 2. The molecule has 3 N–H and O–H groups in total. The van der Waals surface area contributed by atoms with Crippen molar-refractivity contribution in [3.05, 3.63) is 46.4 Å². The van der Waals surface area contributed by atoms with Crippen molar-refractivity contribution in [2.45, 2.75) is 11.8 Å². The topological polar surface area (TPSA) is 81.4 Å². The number of anilines is 2. The van der Waals surface area contributed by atoms with Crippen LogP contribution in [0.15, 0.2) is 45.8 Å². The van der Waals surface area contributed by atoms with Crippen LogP contribution in [0.1, 0.15) is 5.56 Å². The molecule has 0 heterocycles. The lowest BCUT2D eigenvalue weighted by atomic mass is 10.2. The number of sulfonamides is 1. The Hall–Kier alpha value is -1.73. The van der Waals surface area contributed by atoms with E-state index in [0.717, 1.165) is 5.56 Å². The second kappa shape index (κ2) is 5.95. The number of hydrogen-bond donors (Lipinski definition) is 2. The fraction of sp³-hybridized carbons (Fsp3) is 0.143. The monoisotopic (exact) mass is 370 g/mol. The molecule has 0 radical (unpaired) electrons. The van der Waals surface area contributed by atoms with Crippen LogP contribution < -0.4 is 15.2 Å². The standard InChI is InChI=1S/C14H15BrN2O3S/c1-9-3-5-13(20-2)12(7-9)17-21(18,19)14-6-4-10(15)8-11(14)16/h3-8,17H,16H2,1-2H3. The van der Waals surface area contributed by atoms with Gasteiger partial charge in [-0.2, -0.15) is 0 Å². The van der Waals surface area contributed by atoms with Crippen molar-refractivity contribution in [1.29, 1.82) is 0 Å². The van der Waals surface area contributed by atoms with Gasteiger partial charge >= 0.3 is 0 Å². The summed E-state index contributed by atoms with van der Waals surface area (Å²) in [6.45, 7) is 1.87. The third-order valence-electron chi connectivity index (χ3n) is 2.86. The number of rotatable bonds is 4. The van der Waals surface area contributed by atoms with E-state index in [-0.39, 0.29) is 10.6 Å². The maximum Gasteiger partial charge on any atom is 0.264 e. The largest absolute Gasteiger partial charge is 0.495 e. The molecule has 0 unspecified atom stereocenters. The van der Waals surface area contributed by atoms with Gasteiger partial charge in [0.05, 0.1) is 18.5 Å². The fourth-order valence-electron chi connectivity index (χ4n) is 1.87. The molecule has 7 heteroatoms. The second-order valence-electron chi connectivity index (χ2n) is 4.49. The number of aryl methyl sites for hydroxylation is 1. The van der Waals surface area contributed by atoms with Crippen molar-refractivity contribution in [2.24, 2.45) is 0 Å². The maximum atomic E-state index is 12.5. The molecule has 5 nitrogen and oxygen atoms in total. The van der Waals surface area contributed by atoms with E-state index >= 15 is 0 Å². The molecule has 2 aromatic carbocycles. The van der Waals surface area contributed by atoms with Crippen LogP contribution in [-0.2, 0) is 10.0 Å². The molecule has 0 saturated heterocycles. The molecule has 2 rings (SSSR count). The molecule has 0 atom stereocenters. The van der Waals surface area contributed by atoms with Crippen LogP contribution in [-0.4, -0.2) is 15.5 Å². The quantitative estimate of drug-likeness (QED) is 0.809. The van der Waals surface area contributed by atoms with Gasteiger partial charge in [0.25, 0.3) is 10.0 Å². The van der Waals surface area contributed by atoms with Crippen molar-refractivity contribution in [3.63, 3.8) is 0 Å². The Morgan fingerprint density at radius 2 is 1.90 bits per heavy atom. The molecule has 0 spiro atoms. The molecule has 0 amide bonds. The summed E-state index contributed by atoms with van der Waals surface area (Å²) in [6, 6.07) is 9.86. The lowest BCUT2D eigenvalue weighted by Gasteiger charge is -2.13. The van der Waals surface area contributed by atoms with E-state index in [2.05, 4.69) is 20.7 Å². The molecule has 112 valence electrons. The molecule has 0 aliphatic rings. The van der Waals surface area contributed by atoms with Crippen molar-refractivity contribution in [1.82, 2.24) is 0 Å². The van der Waals surface area contributed by atoms with Crippen LogP contribution in [0.4, 0.5) is 11.4 Å². The molecule has 0 saturated carbocycles. The average molecular weight is 371 g/mol. The number of nitrogens with two attached hydrogens (primary N) is 1. The predicted molar refractivity (Wildman–Crippen MR) is 87.1 cm³/mol. The van der Waals surface area contributed by atoms with Gasteiger partial charge in [-0.05, 0) is 42.8 Å². The van der Waals surface area contributed by atoms with Gasteiger partial charge in [0.1, 0.15) is 10.6 Å². The predicted octanol–water partition coefficient (Wildman–Crippen LogP) is 3.15. The molecule has 21 heavy (non-hydrogen) atoms. The van der Waals surface area contributed by atoms with E-state index in [1.54, 1.807) is 24.3 Å². The molecule has 0 aliphatic heterocycles. The summed E-state index contributed by atoms with van der Waals surface area (Å²) in [5.74, 6) is 0.444. The second-order valence-corrected chi connectivity index (χ2v) is 7.06. The van der Waals surface area contributed by atoms with E-state index in [1.165, 1.54) is 13.2 Å². The minimum Gasteiger partial charge on any atom is -0.495 e. The summed E-state index contributed by atoms with van der Waals surface area (Å²) < 4.78 is 33.3. The zero-order chi connectivity index (χ0) is 15.6. The van der Waals surface area contributed by atoms with Crippen molar-refractivity contribution in [2.75, 3.05) is 17.6 Å². The highest BCUT2D eigenvalue weighted by Crippen LogP contribution is 2.30. The van der Waals surface area contributed by atoms with Gasteiger partial charge in [-0.3, -0.25) is 4.72 Å². The van der Waals surface area contributed by atoms with Gasteiger partial charge in [0.2, 0.25) is 0 Å². The van der Waals surface area contributed by atoms with Crippen LogP contribution in [0.25, 0.3) is 0 Å². The Labute approximate surface area is 132 Å². The lowest BCUT2D eigenvalue weighted by Crippen LogP contribution is -2.15. The summed E-state index contributed by atoms with van der Waals surface area (Å²) in [6.07, 6.45) is 0. The highest BCUT2D eigenvalue weighted by Gasteiger charge is 2.19. The van der Waals surface area contributed by atoms with E-state index < -0.39 is 10.0 Å². The summed E-state index contributed by atoms with van der Waals surface area (Å²) in [7, 11) is -2.30. The first kappa shape index (κ1) is 15.7. The van der Waals surface area contributed by atoms with Crippen molar-refractivity contribution >= 4 is 37.3 Å². The van der Waals surface area contributed by atoms with Crippen molar-refractivity contribution in [3.8, 4) is 5.75 Å². The SMILES string of the molecule is COc1ccc(C)cc1NS(=O)(=O)c1ccc(Br)cc1N. The minimum atomic E-state index is -3.79. The normalized spacial score (nSPS) is 11.2. The lowest BCUT2D eigenvalue weighted by molar-refractivity contribution is 0.417. The number of halogens is 1. The molecule has 0 bridgehead atoms.